The van der Waals surface area contributed by atoms with E-state index in [4.69, 9.17) is 9.52 Å². The number of alkyl halides is 3. The highest BCUT2D eigenvalue weighted by Crippen LogP contribution is 2.34. The van der Waals surface area contributed by atoms with Gasteiger partial charge in [-0.2, -0.15) is 13.2 Å². The van der Waals surface area contributed by atoms with Crippen molar-refractivity contribution in [3.8, 4) is 0 Å². The van der Waals surface area contributed by atoms with Crippen LogP contribution in [0.5, 0.6) is 0 Å². The van der Waals surface area contributed by atoms with Crippen LogP contribution in [0.1, 0.15) is 37.1 Å². The Bertz CT molecular complexity index is 317. The Hall–Kier alpha value is -1.04. The standard InChI is InChI=1S/C8H10F3NO2/c1-4(2)6-7(8(9,10)11)12-5(3-13)14-6/h4,13H,3H2,1-2H3. The van der Waals surface area contributed by atoms with Crippen molar-refractivity contribution < 1.29 is 22.7 Å². The molecule has 14 heavy (non-hydrogen) atoms. The molecule has 3 nitrogen and oxygen atoms in total. The summed E-state index contributed by atoms with van der Waals surface area (Å²) < 4.78 is 41.8. The maximum Gasteiger partial charge on any atom is 0.436 e. The van der Waals surface area contributed by atoms with Gasteiger partial charge >= 0.3 is 6.18 Å². The average molecular weight is 209 g/mol. The third-order valence-electron chi connectivity index (χ3n) is 1.63. The monoisotopic (exact) mass is 209 g/mol. The van der Waals surface area contributed by atoms with E-state index in [1.165, 1.54) is 0 Å². The number of aliphatic hydroxyl groups is 1. The van der Waals surface area contributed by atoms with Crippen molar-refractivity contribution >= 4 is 0 Å². The van der Waals surface area contributed by atoms with Crippen LogP contribution in [0.3, 0.4) is 0 Å². The zero-order chi connectivity index (χ0) is 10.9. The first-order valence-corrected chi connectivity index (χ1v) is 4.04. The summed E-state index contributed by atoms with van der Waals surface area (Å²) in [5, 5.41) is 8.60. The first kappa shape index (κ1) is 11.0. The third-order valence-corrected chi connectivity index (χ3v) is 1.63. The summed E-state index contributed by atoms with van der Waals surface area (Å²) in [6.07, 6.45) is -4.53. The lowest BCUT2D eigenvalue weighted by Crippen LogP contribution is -2.09. The van der Waals surface area contributed by atoms with Gasteiger partial charge in [-0.3, -0.25) is 0 Å². The van der Waals surface area contributed by atoms with Crippen LogP contribution in [-0.2, 0) is 12.8 Å². The molecule has 0 amide bonds. The number of rotatable bonds is 2. The summed E-state index contributed by atoms with van der Waals surface area (Å²) >= 11 is 0. The minimum Gasteiger partial charge on any atom is -0.442 e. The second-order valence-corrected chi connectivity index (χ2v) is 3.13. The maximum atomic E-state index is 12.4. The van der Waals surface area contributed by atoms with E-state index >= 15 is 0 Å². The number of aliphatic hydroxyl groups excluding tert-OH is 1. The fraction of sp³-hybridized carbons (Fsp3) is 0.625. The molecule has 0 fully saturated rings. The van der Waals surface area contributed by atoms with Gasteiger partial charge in [0.05, 0.1) is 0 Å². The summed E-state index contributed by atoms with van der Waals surface area (Å²) in [6.45, 7) is 2.50. The highest BCUT2D eigenvalue weighted by Gasteiger charge is 2.39. The molecule has 80 valence electrons. The minimum absolute atomic E-state index is 0.235. The second kappa shape index (κ2) is 3.61. The lowest BCUT2D eigenvalue weighted by Gasteiger charge is -2.06. The van der Waals surface area contributed by atoms with Gasteiger partial charge in [-0.15, -0.1) is 0 Å². The molecule has 1 N–H and O–H groups in total. The van der Waals surface area contributed by atoms with E-state index in [1.807, 2.05) is 0 Å². The minimum atomic E-state index is -4.53. The molecule has 0 aliphatic carbocycles. The number of hydrogen-bond donors (Lipinski definition) is 1. The van der Waals surface area contributed by atoms with Crippen LogP contribution in [0.2, 0.25) is 0 Å². The summed E-state index contributed by atoms with van der Waals surface area (Å²) in [5.74, 6) is -0.956. The number of nitrogens with zero attached hydrogens (tertiary/aromatic N) is 1. The summed E-state index contributed by atoms with van der Waals surface area (Å²) in [5.41, 5.74) is -1.04. The predicted molar refractivity (Wildman–Crippen MR) is 41.5 cm³/mol. The molecule has 0 spiro atoms. The van der Waals surface area contributed by atoms with Crippen LogP contribution in [0.25, 0.3) is 0 Å². The van der Waals surface area contributed by atoms with E-state index in [9.17, 15) is 13.2 Å². The zero-order valence-electron chi connectivity index (χ0n) is 7.72. The summed E-state index contributed by atoms with van der Waals surface area (Å²) in [6, 6.07) is 0. The first-order valence-electron chi connectivity index (χ1n) is 4.04. The Morgan fingerprint density at radius 1 is 1.43 bits per heavy atom. The Morgan fingerprint density at radius 2 is 2.00 bits per heavy atom. The molecular formula is C8H10F3NO2. The van der Waals surface area contributed by atoms with E-state index in [-0.39, 0.29) is 11.7 Å². The predicted octanol–water partition coefficient (Wildman–Crippen LogP) is 2.31. The van der Waals surface area contributed by atoms with Crippen LogP contribution in [-0.4, -0.2) is 10.1 Å². The van der Waals surface area contributed by atoms with Crippen LogP contribution in [0.15, 0.2) is 4.42 Å². The molecule has 0 atom stereocenters. The largest absolute Gasteiger partial charge is 0.442 e. The number of aromatic nitrogens is 1. The van der Waals surface area contributed by atoms with Crippen molar-refractivity contribution in [2.24, 2.45) is 0 Å². The van der Waals surface area contributed by atoms with E-state index in [0.29, 0.717) is 0 Å². The number of hydrogen-bond acceptors (Lipinski definition) is 3. The maximum absolute atomic E-state index is 12.4. The highest BCUT2D eigenvalue weighted by molar-refractivity contribution is 5.16. The molecule has 0 radical (unpaired) electrons. The molecule has 6 heteroatoms. The fourth-order valence-electron chi connectivity index (χ4n) is 1.04. The van der Waals surface area contributed by atoms with Crippen molar-refractivity contribution in [3.05, 3.63) is 17.3 Å². The molecule has 0 saturated carbocycles. The molecule has 0 saturated heterocycles. The average Bonchev–Trinajstić information content (AvgIpc) is 2.46. The van der Waals surface area contributed by atoms with Crippen molar-refractivity contribution in [1.29, 1.82) is 0 Å². The van der Waals surface area contributed by atoms with Gasteiger partial charge in [0.25, 0.3) is 0 Å². The topological polar surface area (TPSA) is 46.3 Å². The van der Waals surface area contributed by atoms with Gasteiger partial charge < -0.3 is 9.52 Å². The smallest absolute Gasteiger partial charge is 0.436 e. The van der Waals surface area contributed by atoms with Gasteiger partial charge in [0.2, 0.25) is 5.89 Å². The van der Waals surface area contributed by atoms with Gasteiger partial charge in [0, 0.05) is 5.92 Å². The molecule has 0 aliphatic heterocycles. The molecule has 1 heterocycles. The first-order chi connectivity index (χ1) is 6.36. The number of oxazole rings is 1. The molecule has 0 aliphatic rings. The van der Waals surface area contributed by atoms with Crippen LogP contribution < -0.4 is 0 Å². The van der Waals surface area contributed by atoms with Gasteiger partial charge in [0.15, 0.2) is 5.69 Å². The van der Waals surface area contributed by atoms with Gasteiger partial charge in [-0.1, -0.05) is 13.8 Å². The molecule has 1 rings (SSSR count). The van der Waals surface area contributed by atoms with Crippen molar-refractivity contribution in [2.45, 2.75) is 32.5 Å². The van der Waals surface area contributed by atoms with E-state index < -0.39 is 24.4 Å². The lowest BCUT2D eigenvalue weighted by molar-refractivity contribution is -0.142. The Labute approximate surface area is 78.6 Å². The molecule has 1 aromatic rings. The van der Waals surface area contributed by atoms with Crippen LogP contribution in [0.4, 0.5) is 13.2 Å². The second-order valence-electron chi connectivity index (χ2n) is 3.13. The molecule has 0 unspecified atom stereocenters. The normalized spacial score (nSPS) is 12.5. The SMILES string of the molecule is CC(C)c1oc(CO)nc1C(F)(F)F. The zero-order valence-corrected chi connectivity index (χ0v) is 7.72. The summed E-state index contributed by atoms with van der Waals surface area (Å²) in [4.78, 5) is 3.18. The third kappa shape index (κ3) is 2.06. The lowest BCUT2D eigenvalue weighted by atomic mass is 10.1. The Balaban J connectivity index is 3.19. The Morgan fingerprint density at radius 3 is 2.29 bits per heavy atom. The Kier molecular flexibility index (Phi) is 2.84. The van der Waals surface area contributed by atoms with E-state index in [1.54, 1.807) is 13.8 Å². The van der Waals surface area contributed by atoms with Gasteiger partial charge in [-0.25, -0.2) is 4.98 Å². The van der Waals surface area contributed by atoms with E-state index in [2.05, 4.69) is 4.98 Å². The van der Waals surface area contributed by atoms with Crippen LogP contribution in [0, 0.1) is 0 Å². The highest BCUT2D eigenvalue weighted by atomic mass is 19.4. The van der Waals surface area contributed by atoms with Crippen molar-refractivity contribution in [1.82, 2.24) is 4.98 Å². The van der Waals surface area contributed by atoms with E-state index in [0.717, 1.165) is 0 Å². The molecular weight excluding hydrogens is 199 g/mol. The fourth-order valence-corrected chi connectivity index (χ4v) is 1.04. The number of halogens is 3. The van der Waals surface area contributed by atoms with Gasteiger partial charge in [0.1, 0.15) is 12.4 Å². The molecule has 0 aromatic carbocycles. The quantitative estimate of drug-likeness (QED) is 0.812. The summed E-state index contributed by atoms with van der Waals surface area (Å²) in [7, 11) is 0. The van der Waals surface area contributed by atoms with Crippen molar-refractivity contribution in [2.75, 3.05) is 0 Å². The molecule has 0 bridgehead atoms. The van der Waals surface area contributed by atoms with Crippen molar-refractivity contribution in [3.63, 3.8) is 0 Å². The van der Waals surface area contributed by atoms with Crippen LogP contribution >= 0.6 is 0 Å². The molecule has 1 aromatic heterocycles. The van der Waals surface area contributed by atoms with Gasteiger partial charge in [-0.05, 0) is 0 Å².